The Morgan fingerprint density at radius 3 is 2.44 bits per heavy atom. The summed E-state index contributed by atoms with van der Waals surface area (Å²) >= 11 is 0. The smallest absolute Gasteiger partial charge is 0.258 e. The lowest BCUT2D eigenvalue weighted by Gasteiger charge is -2.38. The number of pyridine rings is 3. The summed E-state index contributed by atoms with van der Waals surface area (Å²) in [5, 5.41) is 13.6. The Balaban J connectivity index is 1.48. The standard InChI is InChI=1S/C28H31N5O3/c1-2-3-21-4-5-23-26-25(27(35)31-15-10-19-6-11-29-12-7-19)22(18-34)24(17-33(23)28(21)36)32(26)16-20-8-13-30-14-9-20/h2-9,11-14,22,24-26,34H,10,15-18H2,1H3,(H,31,35)/b3-2-/t22-,24-,25+,26+/m0/s1. The maximum absolute atomic E-state index is 13.6. The molecule has 1 amide bonds. The van der Waals surface area contributed by atoms with E-state index in [-0.39, 0.29) is 36.1 Å². The molecule has 8 heteroatoms. The Morgan fingerprint density at radius 2 is 1.78 bits per heavy atom. The molecule has 1 saturated heterocycles. The van der Waals surface area contributed by atoms with Crippen LogP contribution in [-0.2, 0) is 24.3 Å². The molecule has 2 aliphatic heterocycles. The van der Waals surface area contributed by atoms with Crippen molar-refractivity contribution in [2.45, 2.75) is 38.5 Å². The first-order valence-corrected chi connectivity index (χ1v) is 12.4. The van der Waals surface area contributed by atoms with Crippen LogP contribution in [0.25, 0.3) is 6.08 Å². The number of carbonyl (C=O) groups excluding carboxylic acids is 1. The number of amides is 1. The molecule has 0 aromatic carbocycles. The fourth-order valence-electron chi connectivity index (χ4n) is 5.76. The van der Waals surface area contributed by atoms with E-state index in [1.165, 1.54) is 0 Å². The Bertz CT molecular complexity index is 1290. The molecular weight excluding hydrogens is 454 g/mol. The van der Waals surface area contributed by atoms with E-state index < -0.39 is 5.92 Å². The zero-order valence-electron chi connectivity index (χ0n) is 20.3. The van der Waals surface area contributed by atoms with E-state index in [1.807, 2.05) is 55.5 Å². The zero-order valence-corrected chi connectivity index (χ0v) is 20.3. The van der Waals surface area contributed by atoms with Crippen LogP contribution >= 0.6 is 0 Å². The quantitative estimate of drug-likeness (QED) is 0.507. The van der Waals surface area contributed by atoms with Crippen molar-refractivity contribution in [1.82, 2.24) is 24.8 Å². The molecule has 2 bridgehead atoms. The molecule has 2 aliphatic rings. The monoisotopic (exact) mass is 485 g/mol. The van der Waals surface area contributed by atoms with E-state index in [2.05, 4.69) is 20.2 Å². The third kappa shape index (κ3) is 4.50. The van der Waals surface area contributed by atoms with Crippen molar-refractivity contribution in [2.24, 2.45) is 11.8 Å². The number of aliphatic hydroxyl groups is 1. The van der Waals surface area contributed by atoms with Crippen LogP contribution in [0, 0.1) is 11.8 Å². The van der Waals surface area contributed by atoms with Crippen molar-refractivity contribution in [3.8, 4) is 0 Å². The Labute approximate surface area is 210 Å². The average Bonchev–Trinajstić information content (AvgIpc) is 3.11. The summed E-state index contributed by atoms with van der Waals surface area (Å²) in [5.74, 6) is -0.851. The number of rotatable bonds is 8. The van der Waals surface area contributed by atoms with Crippen LogP contribution in [0.5, 0.6) is 0 Å². The van der Waals surface area contributed by atoms with Crippen LogP contribution in [0.15, 0.2) is 72.1 Å². The SMILES string of the molecule is C/C=C\c1ccc2n(c1=O)C[C@H]1[C@H](CO)[C@@H](C(=O)NCCc3ccncc3)[C@@H]2N1Cc1ccncc1. The molecule has 5 heterocycles. The van der Waals surface area contributed by atoms with Gasteiger partial charge in [0, 0.05) is 74.2 Å². The number of carbonyl (C=O) groups is 1. The van der Waals surface area contributed by atoms with Crippen molar-refractivity contribution in [1.29, 1.82) is 0 Å². The summed E-state index contributed by atoms with van der Waals surface area (Å²) in [6.45, 7) is 3.30. The molecule has 2 N–H and O–H groups in total. The molecule has 1 fully saturated rings. The lowest BCUT2D eigenvalue weighted by Crippen LogP contribution is -2.46. The van der Waals surface area contributed by atoms with Crippen molar-refractivity contribution in [3.05, 3.63) is 100.0 Å². The van der Waals surface area contributed by atoms with E-state index in [9.17, 15) is 14.7 Å². The minimum atomic E-state index is -0.472. The van der Waals surface area contributed by atoms with Gasteiger partial charge < -0.3 is 15.0 Å². The van der Waals surface area contributed by atoms with Crippen LogP contribution in [0.4, 0.5) is 0 Å². The van der Waals surface area contributed by atoms with Crippen LogP contribution < -0.4 is 10.9 Å². The van der Waals surface area contributed by atoms with Gasteiger partial charge in [0.15, 0.2) is 0 Å². The number of hydrogen-bond donors (Lipinski definition) is 2. The zero-order chi connectivity index (χ0) is 25.1. The van der Waals surface area contributed by atoms with E-state index in [1.54, 1.807) is 29.4 Å². The predicted octanol–water partition coefficient (Wildman–Crippen LogP) is 2.19. The first kappa shape index (κ1) is 24.1. The third-order valence-corrected chi connectivity index (χ3v) is 7.43. The maximum atomic E-state index is 13.6. The molecule has 3 aromatic rings. The van der Waals surface area contributed by atoms with Crippen molar-refractivity contribution in [2.75, 3.05) is 13.2 Å². The number of aromatic nitrogens is 3. The molecule has 0 spiro atoms. The molecule has 36 heavy (non-hydrogen) atoms. The third-order valence-electron chi connectivity index (χ3n) is 7.43. The fourth-order valence-corrected chi connectivity index (χ4v) is 5.76. The highest BCUT2D eigenvalue weighted by Gasteiger charge is 2.55. The molecule has 0 saturated carbocycles. The fraction of sp³-hybridized carbons (Fsp3) is 0.357. The molecular formula is C28H31N5O3. The highest BCUT2D eigenvalue weighted by Crippen LogP contribution is 2.48. The summed E-state index contributed by atoms with van der Waals surface area (Å²) in [5.41, 5.74) is 3.57. The number of nitrogens with one attached hydrogen (secondary N) is 1. The Hall–Kier alpha value is -3.62. The Kier molecular flexibility index (Phi) is 7.06. The van der Waals surface area contributed by atoms with Crippen LogP contribution in [0.2, 0.25) is 0 Å². The largest absolute Gasteiger partial charge is 0.396 e. The van der Waals surface area contributed by atoms with Gasteiger partial charge in [-0.3, -0.25) is 24.5 Å². The highest BCUT2D eigenvalue weighted by molar-refractivity contribution is 5.80. The molecule has 4 atom stereocenters. The average molecular weight is 486 g/mol. The van der Waals surface area contributed by atoms with Crippen LogP contribution in [0.1, 0.15) is 35.3 Å². The predicted molar refractivity (Wildman–Crippen MR) is 137 cm³/mol. The number of hydrogen-bond acceptors (Lipinski definition) is 6. The van der Waals surface area contributed by atoms with Crippen molar-refractivity contribution >= 4 is 12.0 Å². The van der Waals surface area contributed by atoms with Gasteiger partial charge in [-0.05, 0) is 60.9 Å². The summed E-state index contributed by atoms with van der Waals surface area (Å²) in [6.07, 6.45) is 11.4. The number of fused-ring (bicyclic) bond motifs is 4. The topological polar surface area (TPSA) is 100 Å². The van der Waals surface area contributed by atoms with E-state index in [4.69, 9.17) is 0 Å². The second-order valence-corrected chi connectivity index (χ2v) is 9.44. The first-order valence-electron chi connectivity index (χ1n) is 12.4. The lowest BCUT2D eigenvalue weighted by atomic mass is 9.86. The number of allylic oxidation sites excluding steroid dienone is 1. The van der Waals surface area contributed by atoms with Gasteiger partial charge in [-0.1, -0.05) is 12.2 Å². The van der Waals surface area contributed by atoms with Gasteiger partial charge >= 0.3 is 0 Å². The normalized spacial score (nSPS) is 23.1. The number of nitrogens with zero attached hydrogens (tertiary/aromatic N) is 4. The van der Waals surface area contributed by atoms with E-state index >= 15 is 0 Å². The van der Waals surface area contributed by atoms with Crippen LogP contribution in [0.3, 0.4) is 0 Å². The molecule has 3 aromatic heterocycles. The van der Waals surface area contributed by atoms with Gasteiger partial charge in [0.2, 0.25) is 5.91 Å². The summed E-state index contributed by atoms with van der Waals surface area (Å²) in [4.78, 5) is 37.4. The van der Waals surface area contributed by atoms with Gasteiger partial charge in [0.25, 0.3) is 5.56 Å². The molecule has 5 rings (SSSR count). The second-order valence-electron chi connectivity index (χ2n) is 9.44. The van der Waals surface area contributed by atoms with E-state index in [0.29, 0.717) is 31.6 Å². The maximum Gasteiger partial charge on any atom is 0.258 e. The summed E-state index contributed by atoms with van der Waals surface area (Å²) in [6, 6.07) is 11.1. The first-order chi connectivity index (χ1) is 17.6. The van der Waals surface area contributed by atoms with Gasteiger partial charge in [0.1, 0.15) is 0 Å². The lowest BCUT2D eigenvalue weighted by molar-refractivity contribution is -0.127. The van der Waals surface area contributed by atoms with Gasteiger partial charge in [-0.25, -0.2) is 0 Å². The molecule has 8 nitrogen and oxygen atoms in total. The minimum Gasteiger partial charge on any atom is -0.396 e. The number of aliphatic hydroxyl groups excluding tert-OH is 1. The molecule has 0 aliphatic carbocycles. The minimum absolute atomic E-state index is 0.0559. The van der Waals surface area contributed by atoms with E-state index in [0.717, 1.165) is 16.8 Å². The van der Waals surface area contributed by atoms with Crippen molar-refractivity contribution in [3.63, 3.8) is 0 Å². The van der Waals surface area contributed by atoms with Gasteiger partial charge in [-0.2, -0.15) is 0 Å². The highest BCUT2D eigenvalue weighted by atomic mass is 16.3. The Morgan fingerprint density at radius 1 is 1.08 bits per heavy atom. The van der Waals surface area contributed by atoms with Gasteiger partial charge in [0.05, 0.1) is 12.0 Å². The molecule has 0 unspecified atom stereocenters. The molecule has 186 valence electrons. The summed E-state index contributed by atoms with van der Waals surface area (Å²) in [7, 11) is 0. The van der Waals surface area contributed by atoms with Crippen molar-refractivity contribution < 1.29 is 9.90 Å². The second kappa shape index (κ2) is 10.6. The van der Waals surface area contributed by atoms with Gasteiger partial charge in [-0.15, -0.1) is 0 Å². The van der Waals surface area contributed by atoms with Crippen LogP contribution in [-0.4, -0.2) is 49.6 Å². The molecule has 0 radical (unpaired) electrons. The summed E-state index contributed by atoms with van der Waals surface area (Å²) < 4.78 is 1.81.